The Labute approximate surface area is 239 Å². The van der Waals surface area contributed by atoms with Crippen LogP contribution in [0.4, 0.5) is 5.69 Å². The van der Waals surface area contributed by atoms with E-state index in [0.717, 1.165) is 4.31 Å². The van der Waals surface area contributed by atoms with Gasteiger partial charge < -0.3 is 15.0 Å². The average Bonchev–Trinajstić information content (AvgIpc) is 2.90. The summed E-state index contributed by atoms with van der Waals surface area (Å²) in [6.45, 7) is 4.63. The average molecular weight is 593 g/mol. The van der Waals surface area contributed by atoms with Crippen LogP contribution in [0.25, 0.3) is 0 Å². The van der Waals surface area contributed by atoms with Gasteiger partial charge in [-0.2, -0.15) is 0 Å². The molecule has 8 nitrogen and oxygen atoms in total. The number of amides is 2. The van der Waals surface area contributed by atoms with Crippen LogP contribution in [0.2, 0.25) is 10.0 Å². The number of carbonyl (C=O) groups is 2. The molecule has 0 saturated heterocycles. The molecule has 0 bridgehead atoms. The Morgan fingerprint density at radius 2 is 1.59 bits per heavy atom. The third-order valence-electron chi connectivity index (χ3n) is 5.86. The second kappa shape index (κ2) is 13.2. The van der Waals surface area contributed by atoms with Crippen LogP contribution in [0, 0.1) is 0 Å². The zero-order chi connectivity index (χ0) is 28.7. The Morgan fingerprint density at radius 1 is 0.923 bits per heavy atom. The van der Waals surface area contributed by atoms with Gasteiger partial charge in [0.2, 0.25) is 11.8 Å². The number of halogens is 2. The molecule has 0 aliphatic rings. The second-order valence-corrected chi connectivity index (χ2v) is 11.9. The van der Waals surface area contributed by atoms with E-state index < -0.39 is 28.5 Å². The van der Waals surface area contributed by atoms with Crippen LogP contribution in [-0.2, 0) is 26.2 Å². The van der Waals surface area contributed by atoms with Crippen molar-refractivity contribution in [1.29, 1.82) is 0 Å². The molecule has 0 unspecified atom stereocenters. The predicted octanol–water partition coefficient (Wildman–Crippen LogP) is 5.14. The molecule has 0 heterocycles. The fourth-order valence-electron chi connectivity index (χ4n) is 3.91. The fraction of sp³-hybridized carbons (Fsp3) is 0.286. The summed E-state index contributed by atoms with van der Waals surface area (Å²) < 4.78 is 34.1. The molecule has 0 spiro atoms. The lowest BCUT2D eigenvalue weighted by atomic mass is 10.1. The monoisotopic (exact) mass is 591 g/mol. The highest BCUT2D eigenvalue weighted by Crippen LogP contribution is 2.35. The molecule has 0 saturated carbocycles. The van der Waals surface area contributed by atoms with Crippen molar-refractivity contribution in [2.75, 3.05) is 18.0 Å². The maximum atomic E-state index is 13.9. The smallest absolute Gasteiger partial charge is 0.264 e. The Morgan fingerprint density at radius 3 is 2.21 bits per heavy atom. The third-order valence-corrected chi connectivity index (χ3v) is 8.10. The molecular formula is C28H31Cl2N3O5S. The molecule has 3 aromatic carbocycles. The van der Waals surface area contributed by atoms with E-state index in [4.69, 9.17) is 27.9 Å². The summed E-state index contributed by atoms with van der Waals surface area (Å²) >= 11 is 12.4. The molecule has 0 radical (unpaired) electrons. The number of methoxy groups -OCH3 is 1. The Bertz CT molecular complexity index is 1420. The Balaban J connectivity index is 2.09. The van der Waals surface area contributed by atoms with Crippen molar-refractivity contribution in [2.45, 2.75) is 44.3 Å². The molecule has 3 aromatic rings. The normalized spacial score (nSPS) is 12.1. The van der Waals surface area contributed by atoms with Crippen LogP contribution in [0.15, 0.2) is 77.7 Å². The predicted molar refractivity (Wildman–Crippen MR) is 154 cm³/mol. The molecule has 0 fully saturated rings. The number of carbonyl (C=O) groups excluding carboxylic acids is 2. The van der Waals surface area contributed by atoms with E-state index in [1.165, 1.54) is 36.3 Å². The van der Waals surface area contributed by atoms with Crippen molar-refractivity contribution in [3.63, 3.8) is 0 Å². The highest BCUT2D eigenvalue weighted by Gasteiger charge is 2.34. The van der Waals surface area contributed by atoms with Gasteiger partial charge >= 0.3 is 0 Å². The summed E-state index contributed by atoms with van der Waals surface area (Å²) in [6.07, 6.45) is 0. The van der Waals surface area contributed by atoms with Gasteiger partial charge in [-0.15, -0.1) is 0 Å². The summed E-state index contributed by atoms with van der Waals surface area (Å²) in [6, 6.07) is 18.1. The van der Waals surface area contributed by atoms with Crippen molar-refractivity contribution < 1.29 is 22.7 Å². The van der Waals surface area contributed by atoms with Gasteiger partial charge in [0.15, 0.2) is 0 Å². The van der Waals surface area contributed by atoms with Crippen LogP contribution < -0.4 is 14.4 Å². The zero-order valence-electron chi connectivity index (χ0n) is 22.1. The van der Waals surface area contributed by atoms with Crippen LogP contribution in [0.5, 0.6) is 5.75 Å². The summed E-state index contributed by atoms with van der Waals surface area (Å²) in [5.41, 5.74) is 0.766. The van der Waals surface area contributed by atoms with Crippen molar-refractivity contribution in [3.8, 4) is 5.75 Å². The van der Waals surface area contributed by atoms with E-state index in [-0.39, 0.29) is 39.8 Å². The van der Waals surface area contributed by atoms with Gasteiger partial charge in [0.1, 0.15) is 18.3 Å². The first kappa shape index (κ1) is 30.3. The highest BCUT2D eigenvalue weighted by atomic mass is 35.5. The molecule has 3 rings (SSSR count). The minimum atomic E-state index is -4.25. The summed E-state index contributed by atoms with van der Waals surface area (Å²) in [4.78, 5) is 28.2. The maximum absolute atomic E-state index is 13.9. The summed E-state index contributed by atoms with van der Waals surface area (Å²) in [5, 5.41) is 3.54. The van der Waals surface area contributed by atoms with Crippen molar-refractivity contribution >= 4 is 50.7 Å². The van der Waals surface area contributed by atoms with E-state index in [9.17, 15) is 18.0 Å². The zero-order valence-corrected chi connectivity index (χ0v) is 24.4. The van der Waals surface area contributed by atoms with Gasteiger partial charge in [-0.05, 0) is 68.8 Å². The molecule has 2 amide bonds. The van der Waals surface area contributed by atoms with Crippen molar-refractivity contribution in [2.24, 2.45) is 0 Å². The van der Waals surface area contributed by atoms with E-state index >= 15 is 0 Å². The minimum Gasteiger partial charge on any atom is -0.495 e. The van der Waals surface area contributed by atoms with Crippen LogP contribution >= 0.6 is 23.2 Å². The second-order valence-electron chi connectivity index (χ2n) is 9.13. The first-order chi connectivity index (χ1) is 18.4. The number of nitrogens with zero attached hydrogens (tertiary/aromatic N) is 2. The molecular weight excluding hydrogens is 561 g/mol. The van der Waals surface area contributed by atoms with Crippen LogP contribution in [0.3, 0.4) is 0 Å². The maximum Gasteiger partial charge on any atom is 0.264 e. The van der Waals surface area contributed by atoms with Crippen molar-refractivity contribution in [1.82, 2.24) is 10.2 Å². The lowest BCUT2D eigenvalue weighted by Gasteiger charge is -2.32. The number of benzene rings is 3. The SMILES string of the molecule is COc1ccc(Cl)cc1N(CC(=O)N(Cc1cccc(Cl)c1)[C@H](C)C(=O)NC(C)C)S(=O)(=O)c1ccccc1. The number of hydrogen-bond acceptors (Lipinski definition) is 5. The number of hydrogen-bond donors (Lipinski definition) is 1. The summed E-state index contributed by atoms with van der Waals surface area (Å²) in [7, 11) is -2.86. The van der Waals surface area contributed by atoms with Gasteiger partial charge in [0.05, 0.1) is 17.7 Å². The Kier molecular flexibility index (Phi) is 10.2. The highest BCUT2D eigenvalue weighted by molar-refractivity contribution is 7.92. The van der Waals surface area contributed by atoms with Gasteiger partial charge in [-0.1, -0.05) is 53.5 Å². The number of rotatable bonds is 11. The largest absolute Gasteiger partial charge is 0.495 e. The van der Waals surface area contributed by atoms with Gasteiger partial charge in [0.25, 0.3) is 10.0 Å². The molecule has 1 N–H and O–H groups in total. The van der Waals surface area contributed by atoms with Gasteiger partial charge in [-0.3, -0.25) is 13.9 Å². The first-order valence-electron chi connectivity index (χ1n) is 12.2. The molecule has 0 aliphatic carbocycles. The molecule has 0 aliphatic heterocycles. The lowest BCUT2D eigenvalue weighted by Crippen LogP contribution is -2.52. The molecule has 208 valence electrons. The summed E-state index contributed by atoms with van der Waals surface area (Å²) in [5.74, 6) is -0.778. The fourth-order valence-corrected chi connectivity index (χ4v) is 5.73. The standard InChI is InChI=1S/C28H31Cl2N3O5S/c1-19(2)31-28(35)20(3)32(17-21-9-8-10-22(29)15-21)27(34)18-33(25-16-23(30)13-14-26(25)38-4)39(36,37)24-11-6-5-7-12-24/h5-16,19-20H,17-18H2,1-4H3,(H,31,35)/t20-/m1/s1. The minimum absolute atomic E-state index is 0.0215. The van der Waals surface area contributed by atoms with Crippen molar-refractivity contribution in [3.05, 3.63) is 88.4 Å². The van der Waals surface area contributed by atoms with Gasteiger partial charge in [-0.25, -0.2) is 8.42 Å². The number of sulfonamides is 1. The number of ether oxygens (including phenoxy) is 1. The molecule has 39 heavy (non-hydrogen) atoms. The molecule has 1 atom stereocenters. The van der Waals surface area contributed by atoms with Crippen LogP contribution in [-0.4, -0.2) is 50.9 Å². The Hall–Kier alpha value is -3.27. The van der Waals surface area contributed by atoms with E-state index in [0.29, 0.717) is 10.6 Å². The quantitative estimate of drug-likeness (QED) is 0.333. The first-order valence-corrected chi connectivity index (χ1v) is 14.4. The number of anilines is 1. The topological polar surface area (TPSA) is 96.0 Å². The van der Waals surface area contributed by atoms with E-state index in [2.05, 4.69) is 5.32 Å². The molecule has 0 aromatic heterocycles. The molecule has 11 heteroatoms. The number of nitrogens with one attached hydrogen (secondary N) is 1. The lowest BCUT2D eigenvalue weighted by molar-refractivity contribution is -0.139. The van der Waals surface area contributed by atoms with Gasteiger partial charge in [0, 0.05) is 22.6 Å². The van der Waals surface area contributed by atoms with E-state index in [1.807, 2.05) is 13.8 Å². The van der Waals surface area contributed by atoms with E-state index in [1.54, 1.807) is 55.5 Å². The van der Waals surface area contributed by atoms with Crippen LogP contribution in [0.1, 0.15) is 26.3 Å². The third kappa shape index (κ3) is 7.65.